The summed E-state index contributed by atoms with van der Waals surface area (Å²) in [7, 11) is 0. The number of hydrogen-bond acceptors (Lipinski definition) is 3. The number of unbranched alkanes of at least 4 members (excludes halogenated alkanes) is 1. The van der Waals surface area contributed by atoms with Gasteiger partial charge >= 0.3 is 12.0 Å². The van der Waals surface area contributed by atoms with E-state index in [-0.39, 0.29) is 12.5 Å². The summed E-state index contributed by atoms with van der Waals surface area (Å²) in [5.41, 5.74) is 0. The largest absolute Gasteiger partial charge is 0.481 e. The monoisotopic (exact) mass is 268 g/mol. The Hall–Kier alpha value is -1.98. The number of carbonyl (C=O) groups excluding carboxylic acids is 1. The van der Waals surface area contributed by atoms with Gasteiger partial charge < -0.3 is 19.7 Å². The summed E-state index contributed by atoms with van der Waals surface area (Å²) in [5, 5.41) is 11.3. The van der Waals surface area contributed by atoms with Crippen LogP contribution in [0.2, 0.25) is 0 Å². The zero-order chi connectivity index (χ0) is 14.1. The van der Waals surface area contributed by atoms with Gasteiger partial charge in [0, 0.05) is 19.5 Å². The molecule has 0 aliphatic heterocycles. The number of rotatable bonds is 8. The molecule has 0 aromatic carbocycles. The molecule has 1 heterocycles. The number of carbonyl (C=O) groups is 2. The lowest BCUT2D eigenvalue weighted by Crippen LogP contribution is -2.39. The lowest BCUT2D eigenvalue weighted by atomic mass is 10.2. The molecule has 6 heteroatoms. The Morgan fingerprint density at radius 2 is 2.21 bits per heavy atom. The van der Waals surface area contributed by atoms with E-state index in [0.29, 0.717) is 32.5 Å². The second kappa shape index (κ2) is 8.18. The predicted octanol–water partition coefficient (Wildman–Crippen LogP) is 2.07. The minimum absolute atomic E-state index is 0.139. The lowest BCUT2D eigenvalue weighted by Gasteiger charge is -2.20. The maximum Gasteiger partial charge on any atom is 0.317 e. The summed E-state index contributed by atoms with van der Waals surface area (Å²) in [4.78, 5) is 23.8. The SMILES string of the molecule is CCN(Cc1ccco1)C(=O)NCCCCC(=O)O. The second-order valence-electron chi connectivity index (χ2n) is 4.18. The Morgan fingerprint density at radius 1 is 1.42 bits per heavy atom. The molecule has 0 fully saturated rings. The van der Waals surface area contributed by atoms with Crippen molar-refractivity contribution in [3.05, 3.63) is 24.2 Å². The van der Waals surface area contributed by atoms with E-state index < -0.39 is 5.97 Å². The first-order valence-electron chi connectivity index (χ1n) is 6.40. The number of urea groups is 1. The first kappa shape index (κ1) is 15.1. The van der Waals surface area contributed by atoms with Gasteiger partial charge in [0.1, 0.15) is 5.76 Å². The molecule has 0 unspecified atom stereocenters. The van der Waals surface area contributed by atoms with Gasteiger partial charge in [-0.3, -0.25) is 4.79 Å². The van der Waals surface area contributed by atoms with E-state index >= 15 is 0 Å². The number of carboxylic acid groups (broad SMARTS) is 1. The van der Waals surface area contributed by atoms with Crippen LogP contribution in [0.15, 0.2) is 22.8 Å². The molecule has 19 heavy (non-hydrogen) atoms. The zero-order valence-corrected chi connectivity index (χ0v) is 11.1. The Labute approximate surface area is 112 Å². The van der Waals surface area contributed by atoms with Crippen LogP contribution in [0.1, 0.15) is 31.9 Å². The van der Waals surface area contributed by atoms with E-state index in [9.17, 15) is 9.59 Å². The molecule has 6 nitrogen and oxygen atoms in total. The molecule has 0 saturated carbocycles. The molecule has 0 aliphatic carbocycles. The minimum Gasteiger partial charge on any atom is -0.481 e. The van der Waals surface area contributed by atoms with E-state index in [2.05, 4.69) is 5.32 Å². The average molecular weight is 268 g/mol. The van der Waals surface area contributed by atoms with E-state index in [4.69, 9.17) is 9.52 Å². The van der Waals surface area contributed by atoms with Crippen LogP contribution in [-0.4, -0.2) is 35.1 Å². The molecule has 1 aromatic rings. The molecule has 106 valence electrons. The van der Waals surface area contributed by atoms with Crippen molar-refractivity contribution in [1.29, 1.82) is 0 Å². The predicted molar refractivity (Wildman–Crippen MR) is 69.7 cm³/mol. The van der Waals surface area contributed by atoms with Crippen LogP contribution < -0.4 is 5.32 Å². The summed E-state index contributed by atoms with van der Waals surface area (Å²) in [6, 6.07) is 3.45. The van der Waals surface area contributed by atoms with E-state index in [1.807, 2.05) is 13.0 Å². The van der Waals surface area contributed by atoms with Gasteiger partial charge in [-0.25, -0.2) is 4.79 Å². The smallest absolute Gasteiger partial charge is 0.317 e. The number of carboxylic acids is 1. The summed E-state index contributed by atoms with van der Waals surface area (Å²) >= 11 is 0. The summed E-state index contributed by atoms with van der Waals surface area (Å²) in [6.07, 6.45) is 2.95. The highest BCUT2D eigenvalue weighted by atomic mass is 16.4. The quantitative estimate of drug-likeness (QED) is 0.707. The van der Waals surface area contributed by atoms with Crippen LogP contribution in [0, 0.1) is 0 Å². The van der Waals surface area contributed by atoms with Crippen LogP contribution in [0.25, 0.3) is 0 Å². The number of furan rings is 1. The molecule has 0 radical (unpaired) electrons. The lowest BCUT2D eigenvalue weighted by molar-refractivity contribution is -0.137. The molecule has 0 bridgehead atoms. The molecule has 2 amide bonds. The summed E-state index contributed by atoms with van der Waals surface area (Å²) in [6.45, 7) is 3.40. The fraction of sp³-hybridized carbons (Fsp3) is 0.538. The van der Waals surface area contributed by atoms with Crippen molar-refractivity contribution in [2.75, 3.05) is 13.1 Å². The third-order valence-electron chi connectivity index (χ3n) is 2.69. The Balaban J connectivity index is 2.24. The molecule has 0 spiro atoms. The average Bonchev–Trinajstić information content (AvgIpc) is 2.87. The molecule has 1 rings (SSSR count). The first-order valence-corrected chi connectivity index (χ1v) is 6.40. The van der Waals surface area contributed by atoms with Crippen molar-refractivity contribution in [3.63, 3.8) is 0 Å². The van der Waals surface area contributed by atoms with Crippen molar-refractivity contribution in [2.24, 2.45) is 0 Å². The van der Waals surface area contributed by atoms with Crippen molar-refractivity contribution in [2.45, 2.75) is 32.7 Å². The van der Waals surface area contributed by atoms with Crippen molar-refractivity contribution >= 4 is 12.0 Å². The number of hydrogen-bond donors (Lipinski definition) is 2. The van der Waals surface area contributed by atoms with Crippen molar-refractivity contribution in [1.82, 2.24) is 10.2 Å². The second-order valence-corrected chi connectivity index (χ2v) is 4.18. The standard InChI is InChI=1S/C13H20N2O4/c1-2-15(10-11-6-5-9-19-11)13(18)14-8-4-3-7-12(16)17/h5-6,9H,2-4,7-8,10H2,1H3,(H,14,18)(H,16,17). The number of nitrogens with one attached hydrogen (secondary N) is 1. The van der Waals surface area contributed by atoms with E-state index in [1.54, 1.807) is 17.2 Å². The van der Waals surface area contributed by atoms with Gasteiger partial charge in [0.2, 0.25) is 0 Å². The van der Waals surface area contributed by atoms with Gasteiger partial charge in [-0.15, -0.1) is 0 Å². The van der Waals surface area contributed by atoms with E-state index in [1.165, 1.54) is 0 Å². The molecule has 0 atom stereocenters. The van der Waals surface area contributed by atoms with Crippen LogP contribution in [-0.2, 0) is 11.3 Å². The number of aliphatic carboxylic acids is 1. The number of nitrogens with zero attached hydrogens (tertiary/aromatic N) is 1. The maximum atomic E-state index is 11.9. The highest BCUT2D eigenvalue weighted by molar-refractivity contribution is 5.74. The highest BCUT2D eigenvalue weighted by Crippen LogP contribution is 2.05. The van der Waals surface area contributed by atoms with Crippen LogP contribution >= 0.6 is 0 Å². The van der Waals surface area contributed by atoms with Crippen molar-refractivity contribution < 1.29 is 19.1 Å². The van der Waals surface area contributed by atoms with E-state index in [0.717, 1.165) is 5.76 Å². The van der Waals surface area contributed by atoms with Gasteiger partial charge in [0.05, 0.1) is 12.8 Å². The fourth-order valence-electron chi connectivity index (χ4n) is 1.63. The van der Waals surface area contributed by atoms with Crippen LogP contribution in [0.5, 0.6) is 0 Å². The number of amides is 2. The van der Waals surface area contributed by atoms with Gasteiger partial charge in [0.15, 0.2) is 0 Å². The maximum absolute atomic E-state index is 11.9. The van der Waals surface area contributed by atoms with Gasteiger partial charge in [0.25, 0.3) is 0 Å². The van der Waals surface area contributed by atoms with Gasteiger partial charge in [-0.1, -0.05) is 0 Å². The molecule has 0 saturated heterocycles. The first-order chi connectivity index (χ1) is 9.13. The summed E-state index contributed by atoms with van der Waals surface area (Å²) in [5.74, 6) is -0.0674. The van der Waals surface area contributed by atoms with Crippen LogP contribution in [0.4, 0.5) is 4.79 Å². The van der Waals surface area contributed by atoms with Crippen LogP contribution in [0.3, 0.4) is 0 Å². The summed E-state index contributed by atoms with van der Waals surface area (Å²) < 4.78 is 5.20. The molecular weight excluding hydrogens is 248 g/mol. The molecule has 0 aliphatic rings. The Bertz CT molecular complexity index is 389. The molecule has 1 aromatic heterocycles. The Morgan fingerprint density at radius 3 is 2.79 bits per heavy atom. The molecule has 2 N–H and O–H groups in total. The zero-order valence-electron chi connectivity index (χ0n) is 11.1. The Kier molecular flexibility index (Phi) is 6.49. The van der Waals surface area contributed by atoms with Gasteiger partial charge in [-0.05, 0) is 31.9 Å². The highest BCUT2D eigenvalue weighted by Gasteiger charge is 2.12. The molecular formula is C13H20N2O4. The fourth-order valence-corrected chi connectivity index (χ4v) is 1.63. The van der Waals surface area contributed by atoms with Crippen molar-refractivity contribution in [3.8, 4) is 0 Å². The topological polar surface area (TPSA) is 82.8 Å². The normalized spacial score (nSPS) is 10.2. The minimum atomic E-state index is -0.806. The third kappa shape index (κ3) is 5.94. The third-order valence-corrected chi connectivity index (χ3v) is 2.69. The van der Waals surface area contributed by atoms with Gasteiger partial charge in [-0.2, -0.15) is 0 Å².